The van der Waals surface area contributed by atoms with Crippen molar-refractivity contribution in [2.75, 3.05) is 0 Å². The maximum absolute atomic E-state index is 12.4. The Hall–Kier alpha value is -3.60. The van der Waals surface area contributed by atoms with Gasteiger partial charge in [0.25, 0.3) is 11.8 Å². The highest BCUT2D eigenvalue weighted by Crippen LogP contribution is 2.19. The van der Waals surface area contributed by atoms with Crippen LogP contribution in [0, 0.1) is 6.92 Å². The van der Waals surface area contributed by atoms with Gasteiger partial charge in [0.05, 0.1) is 0 Å². The number of carbonyl (C=O) groups is 2. The van der Waals surface area contributed by atoms with E-state index in [4.69, 9.17) is 4.74 Å². The van der Waals surface area contributed by atoms with Crippen LogP contribution in [0.2, 0.25) is 0 Å². The molecule has 5 nitrogen and oxygen atoms in total. The molecule has 5 heteroatoms. The molecule has 0 spiro atoms. The number of amides is 2. The van der Waals surface area contributed by atoms with E-state index in [9.17, 15) is 9.59 Å². The topological polar surface area (TPSA) is 67.4 Å². The standard InChI is InChI=1S/C24H24N2O3/c1-3-22(29-21-11-7-8-17(2)16-21)24(28)26-25-23(27)20-14-12-19(13-15-20)18-9-5-4-6-10-18/h4-16,22H,3H2,1-2H3,(H,25,27)(H,26,28). The summed E-state index contributed by atoms with van der Waals surface area (Å²) in [5.41, 5.74) is 8.50. The van der Waals surface area contributed by atoms with Crippen molar-refractivity contribution in [1.29, 1.82) is 0 Å². The van der Waals surface area contributed by atoms with E-state index in [1.807, 2.05) is 74.5 Å². The lowest BCUT2D eigenvalue weighted by Crippen LogP contribution is -2.47. The highest BCUT2D eigenvalue weighted by atomic mass is 16.5. The largest absolute Gasteiger partial charge is 0.481 e. The molecule has 0 fully saturated rings. The zero-order valence-corrected chi connectivity index (χ0v) is 16.5. The van der Waals surface area contributed by atoms with Crippen LogP contribution in [-0.4, -0.2) is 17.9 Å². The summed E-state index contributed by atoms with van der Waals surface area (Å²) in [5, 5.41) is 0. The number of aryl methyl sites for hydroxylation is 1. The summed E-state index contributed by atoms with van der Waals surface area (Å²) < 4.78 is 5.75. The molecule has 29 heavy (non-hydrogen) atoms. The molecule has 2 amide bonds. The predicted molar refractivity (Wildman–Crippen MR) is 113 cm³/mol. The SMILES string of the molecule is CCC(Oc1cccc(C)c1)C(=O)NNC(=O)c1ccc(-c2ccccc2)cc1. The molecule has 148 valence electrons. The van der Waals surface area contributed by atoms with E-state index in [-0.39, 0.29) is 5.91 Å². The Morgan fingerprint density at radius 2 is 1.55 bits per heavy atom. The summed E-state index contributed by atoms with van der Waals surface area (Å²) >= 11 is 0. The van der Waals surface area contributed by atoms with E-state index in [2.05, 4.69) is 10.9 Å². The second-order valence-corrected chi connectivity index (χ2v) is 6.72. The molecule has 0 saturated heterocycles. The van der Waals surface area contributed by atoms with E-state index in [0.717, 1.165) is 16.7 Å². The first-order chi connectivity index (χ1) is 14.1. The number of hydrogen-bond donors (Lipinski definition) is 2. The molecule has 0 radical (unpaired) electrons. The number of ether oxygens (including phenoxy) is 1. The summed E-state index contributed by atoms with van der Waals surface area (Å²) in [4.78, 5) is 24.7. The summed E-state index contributed by atoms with van der Waals surface area (Å²) in [5.74, 6) is -0.165. The Bertz CT molecular complexity index is 969. The van der Waals surface area contributed by atoms with E-state index >= 15 is 0 Å². The second-order valence-electron chi connectivity index (χ2n) is 6.72. The fourth-order valence-corrected chi connectivity index (χ4v) is 2.89. The number of hydrogen-bond acceptors (Lipinski definition) is 3. The third-order valence-electron chi connectivity index (χ3n) is 4.48. The average Bonchev–Trinajstić information content (AvgIpc) is 2.76. The first kappa shape index (κ1) is 20.1. The summed E-state index contributed by atoms with van der Waals surface area (Å²) in [6, 6.07) is 24.6. The Kier molecular flexibility index (Phi) is 6.63. The highest BCUT2D eigenvalue weighted by molar-refractivity contribution is 5.96. The van der Waals surface area contributed by atoms with Crippen LogP contribution in [-0.2, 0) is 4.79 Å². The molecule has 1 atom stereocenters. The Balaban J connectivity index is 1.57. The smallest absolute Gasteiger partial charge is 0.279 e. The zero-order chi connectivity index (χ0) is 20.6. The van der Waals surface area contributed by atoms with Crippen LogP contribution in [0.5, 0.6) is 5.75 Å². The molecule has 0 aliphatic heterocycles. The first-order valence-corrected chi connectivity index (χ1v) is 9.56. The minimum Gasteiger partial charge on any atom is -0.481 e. The quantitative estimate of drug-likeness (QED) is 0.620. The molecule has 3 aromatic rings. The Labute approximate surface area is 170 Å². The Morgan fingerprint density at radius 1 is 0.862 bits per heavy atom. The van der Waals surface area contributed by atoms with Crippen LogP contribution in [0.1, 0.15) is 29.3 Å². The minimum absolute atomic E-state index is 0.386. The van der Waals surface area contributed by atoms with Gasteiger partial charge >= 0.3 is 0 Å². The molecule has 0 aliphatic carbocycles. The van der Waals surface area contributed by atoms with Crippen molar-refractivity contribution in [3.05, 3.63) is 90.0 Å². The van der Waals surface area contributed by atoms with Gasteiger partial charge in [-0.2, -0.15) is 0 Å². The van der Waals surface area contributed by atoms with Crippen molar-refractivity contribution in [3.8, 4) is 16.9 Å². The number of nitrogens with one attached hydrogen (secondary N) is 2. The predicted octanol–water partition coefficient (Wildman–Crippen LogP) is 4.28. The number of carbonyl (C=O) groups excluding carboxylic acids is 2. The van der Waals surface area contributed by atoms with Gasteiger partial charge in [0.2, 0.25) is 0 Å². The lowest BCUT2D eigenvalue weighted by Gasteiger charge is -2.18. The third-order valence-corrected chi connectivity index (χ3v) is 4.48. The summed E-state index contributed by atoms with van der Waals surface area (Å²) in [6.45, 7) is 3.81. The molecule has 0 saturated carbocycles. The van der Waals surface area contributed by atoms with Crippen LogP contribution in [0.3, 0.4) is 0 Å². The lowest BCUT2D eigenvalue weighted by molar-refractivity contribution is -0.128. The normalized spacial score (nSPS) is 11.4. The molecular formula is C24H24N2O3. The van der Waals surface area contributed by atoms with Crippen molar-refractivity contribution >= 4 is 11.8 Å². The van der Waals surface area contributed by atoms with Gasteiger partial charge in [-0.1, -0.05) is 61.5 Å². The van der Waals surface area contributed by atoms with Crippen LogP contribution < -0.4 is 15.6 Å². The van der Waals surface area contributed by atoms with Crippen molar-refractivity contribution in [2.24, 2.45) is 0 Å². The molecule has 3 aromatic carbocycles. The average molecular weight is 388 g/mol. The van der Waals surface area contributed by atoms with Crippen molar-refractivity contribution in [3.63, 3.8) is 0 Å². The van der Waals surface area contributed by atoms with Gasteiger partial charge in [0.15, 0.2) is 6.10 Å². The van der Waals surface area contributed by atoms with E-state index in [0.29, 0.717) is 17.7 Å². The molecule has 1 unspecified atom stereocenters. The van der Waals surface area contributed by atoms with Crippen molar-refractivity contribution in [1.82, 2.24) is 10.9 Å². The number of rotatable bonds is 6. The lowest BCUT2D eigenvalue weighted by atomic mass is 10.0. The monoisotopic (exact) mass is 388 g/mol. The number of hydrazine groups is 1. The highest BCUT2D eigenvalue weighted by Gasteiger charge is 2.19. The summed E-state index contributed by atoms with van der Waals surface area (Å²) in [7, 11) is 0. The number of benzene rings is 3. The molecule has 0 aliphatic rings. The van der Waals surface area contributed by atoms with Crippen LogP contribution in [0.4, 0.5) is 0 Å². The van der Waals surface area contributed by atoms with Crippen LogP contribution >= 0.6 is 0 Å². The van der Waals surface area contributed by atoms with Gasteiger partial charge in [-0.3, -0.25) is 20.4 Å². The van der Waals surface area contributed by atoms with Gasteiger partial charge in [-0.05, 0) is 54.3 Å². The van der Waals surface area contributed by atoms with Gasteiger partial charge in [0.1, 0.15) is 5.75 Å². The second kappa shape index (κ2) is 9.55. The zero-order valence-electron chi connectivity index (χ0n) is 16.5. The summed E-state index contributed by atoms with van der Waals surface area (Å²) in [6.07, 6.45) is -0.223. The van der Waals surface area contributed by atoms with Gasteiger partial charge < -0.3 is 4.74 Å². The van der Waals surface area contributed by atoms with Crippen molar-refractivity contribution < 1.29 is 14.3 Å². The first-order valence-electron chi connectivity index (χ1n) is 9.56. The third kappa shape index (κ3) is 5.45. The molecular weight excluding hydrogens is 364 g/mol. The molecule has 3 rings (SSSR count). The van der Waals surface area contributed by atoms with E-state index in [1.54, 1.807) is 18.2 Å². The van der Waals surface area contributed by atoms with Gasteiger partial charge in [0, 0.05) is 5.56 Å². The molecule has 0 bridgehead atoms. The maximum Gasteiger partial charge on any atom is 0.279 e. The molecule has 2 N–H and O–H groups in total. The maximum atomic E-state index is 12.4. The van der Waals surface area contributed by atoms with E-state index in [1.165, 1.54) is 0 Å². The van der Waals surface area contributed by atoms with Gasteiger partial charge in [-0.15, -0.1) is 0 Å². The minimum atomic E-state index is -0.697. The van der Waals surface area contributed by atoms with Gasteiger partial charge in [-0.25, -0.2) is 0 Å². The van der Waals surface area contributed by atoms with Crippen LogP contribution in [0.25, 0.3) is 11.1 Å². The molecule has 0 heterocycles. The van der Waals surface area contributed by atoms with E-state index < -0.39 is 12.0 Å². The van der Waals surface area contributed by atoms with Crippen molar-refractivity contribution in [2.45, 2.75) is 26.4 Å². The molecule has 0 aromatic heterocycles. The fraction of sp³-hybridized carbons (Fsp3) is 0.167. The van der Waals surface area contributed by atoms with Crippen LogP contribution in [0.15, 0.2) is 78.9 Å². The fourth-order valence-electron chi connectivity index (χ4n) is 2.89. The Morgan fingerprint density at radius 3 is 2.21 bits per heavy atom.